The Bertz CT molecular complexity index is 1190. The molecule has 28 heavy (non-hydrogen) atoms. The standard InChI is InChI=1S/C21H19BrFN5/c1-12-9-17(7-8-18(12)22)25-20-13(2)14(3)24-21-26-19(27-28(20)21)11-15-5-4-6-16(23)10-15/h4-10,25H,11H2,1-3H3. The Balaban J connectivity index is 1.75. The molecule has 5 nitrogen and oxygen atoms in total. The van der Waals surface area contributed by atoms with Crippen LogP contribution in [0.1, 0.15) is 28.2 Å². The molecule has 4 rings (SSSR count). The van der Waals surface area contributed by atoms with E-state index in [-0.39, 0.29) is 5.82 Å². The van der Waals surface area contributed by atoms with Gasteiger partial charge in [0.15, 0.2) is 5.82 Å². The summed E-state index contributed by atoms with van der Waals surface area (Å²) in [6, 6.07) is 12.6. The number of halogens is 2. The number of nitrogens with zero attached hydrogens (tertiary/aromatic N) is 4. The molecule has 0 unspecified atom stereocenters. The zero-order valence-corrected chi connectivity index (χ0v) is 17.4. The van der Waals surface area contributed by atoms with E-state index in [2.05, 4.69) is 42.4 Å². The van der Waals surface area contributed by atoms with E-state index in [1.165, 1.54) is 12.1 Å². The second-order valence-electron chi connectivity index (χ2n) is 6.81. The largest absolute Gasteiger partial charge is 0.340 e. The molecule has 7 heteroatoms. The summed E-state index contributed by atoms with van der Waals surface area (Å²) >= 11 is 3.53. The number of benzene rings is 2. The van der Waals surface area contributed by atoms with E-state index in [1.54, 1.807) is 10.6 Å². The Hall–Kier alpha value is -2.80. The van der Waals surface area contributed by atoms with Crippen molar-refractivity contribution in [2.45, 2.75) is 27.2 Å². The number of fused-ring (bicyclic) bond motifs is 1. The smallest absolute Gasteiger partial charge is 0.254 e. The lowest BCUT2D eigenvalue weighted by atomic mass is 10.1. The molecule has 0 fully saturated rings. The van der Waals surface area contributed by atoms with Crippen molar-refractivity contribution in [3.05, 3.63) is 81.0 Å². The summed E-state index contributed by atoms with van der Waals surface area (Å²) < 4.78 is 16.3. The van der Waals surface area contributed by atoms with Crippen LogP contribution >= 0.6 is 15.9 Å². The number of nitrogens with one attached hydrogen (secondary N) is 1. The van der Waals surface area contributed by atoms with Crippen molar-refractivity contribution >= 4 is 33.2 Å². The molecule has 4 aromatic rings. The predicted octanol–water partition coefficient (Wildman–Crippen LogP) is 5.29. The van der Waals surface area contributed by atoms with Gasteiger partial charge >= 0.3 is 0 Å². The van der Waals surface area contributed by atoms with Crippen LogP contribution in [0.25, 0.3) is 5.78 Å². The highest BCUT2D eigenvalue weighted by molar-refractivity contribution is 9.10. The molecule has 0 saturated heterocycles. The minimum absolute atomic E-state index is 0.265. The van der Waals surface area contributed by atoms with E-state index in [0.717, 1.165) is 38.4 Å². The topological polar surface area (TPSA) is 55.1 Å². The van der Waals surface area contributed by atoms with E-state index < -0.39 is 0 Å². The lowest BCUT2D eigenvalue weighted by Crippen LogP contribution is -2.06. The van der Waals surface area contributed by atoms with Crippen molar-refractivity contribution < 1.29 is 4.39 Å². The summed E-state index contributed by atoms with van der Waals surface area (Å²) in [5.41, 5.74) is 4.79. The fourth-order valence-corrected chi connectivity index (χ4v) is 3.29. The first kappa shape index (κ1) is 18.6. The molecule has 2 heterocycles. The maximum Gasteiger partial charge on any atom is 0.254 e. The van der Waals surface area contributed by atoms with Crippen molar-refractivity contribution in [1.29, 1.82) is 0 Å². The summed E-state index contributed by atoms with van der Waals surface area (Å²) in [5.74, 6) is 1.67. The second kappa shape index (κ2) is 7.31. The molecule has 0 bridgehead atoms. The van der Waals surface area contributed by atoms with Crippen LogP contribution in [0.5, 0.6) is 0 Å². The van der Waals surface area contributed by atoms with Gasteiger partial charge in [-0.2, -0.15) is 9.50 Å². The Morgan fingerprint density at radius 3 is 2.64 bits per heavy atom. The molecule has 0 atom stereocenters. The van der Waals surface area contributed by atoms with Gasteiger partial charge in [-0.25, -0.2) is 9.37 Å². The first-order chi connectivity index (χ1) is 13.4. The second-order valence-corrected chi connectivity index (χ2v) is 7.66. The molecular weight excluding hydrogens is 421 g/mol. The molecule has 1 N–H and O–H groups in total. The zero-order chi connectivity index (χ0) is 19.8. The van der Waals surface area contributed by atoms with Crippen LogP contribution in [-0.2, 0) is 6.42 Å². The Morgan fingerprint density at radius 1 is 1.07 bits per heavy atom. The lowest BCUT2D eigenvalue weighted by Gasteiger charge is -2.13. The van der Waals surface area contributed by atoms with Crippen LogP contribution in [0.15, 0.2) is 46.9 Å². The molecule has 0 radical (unpaired) electrons. The number of aryl methyl sites for hydroxylation is 2. The van der Waals surface area contributed by atoms with Crippen molar-refractivity contribution in [1.82, 2.24) is 19.6 Å². The van der Waals surface area contributed by atoms with E-state index in [1.807, 2.05) is 39.0 Å². The normalized spacial score (nSPS) is 11.2. The van der Waals surface area contributed by atoms with Gasteiger partial charge in [-0.1, -0.05) is 28.1 Å². The molecule has 0 aliphatic heterocycles. The first-order valence-electron chi connectivity index (χ1n) is 8.91. The third-order valence-electron chi connectivity index (χ3n) is 4.68. The monoisotopic (exact) mass is 439 g/mol. The number of rotatable bonds is 4. The van der Waals surface area contributed by atoms with Crippen molar-refractivity contribution in [3.63, 3.8) is 0 Å². The maximum atomic E-state index is 13.5. The van der Waals surface area contributed by atoms with E-state index in [9.17, 15) is 4.39 Å². The van der Waals surface area contributed by atoms with Gasteiger partial charge in [-0.3, -0.25) is 0 Å². The Morgan fingerprint density at radius 2 is 1.89 bits per heavy atom. The lowest BCUT2D eigenvalue weighted by molar-refractivity contribution is 0.625. The molecule has 2 aromatic heterocycles. The number of hydrogen-bond donors (Lipinski definition) is 1. The van der Waals surface area contributed by atoms with Crippen LogP contribution < -0.4 is 5.32 Å². The summed E-state index contributed by atoms with van der Waals surface area (Å²) in [6.07, 6.45) is 0.441. The minimum Gasteiger partial charge on any atom is -0.340 e. The van der Waals surface area contributed by atoms with Gasteiger partial charge in [0.05, 0.1) is 0 Å². The van der Waals surface area contributed by atoms with Gasteiger partial charge in [0.2, 0.25) is 0 Å². The van der Waals surface area contributed by atoms with Crippen LogP contribution in [0.2, 0.25) is 0 Å². The maximum absolute atomic E-state index is 13.5. The van der Waals surface area contributed by atoms with Gasteiger partial charge in [0.1, 0.15) is 11.6 Å². The molecular formula is C21H19BrFN5. The molecule has 2 aromatic carbocycles. The highest BCUT2D eigenvalue weighted by Crippen LogP contribution is 2.26. The van der Waals surface area contributed by atoms with Gasteiger partial charge in [0, 0.05) is 27.8 Å². The Kier molecular flexibility index (Phi) is 4.85. The molecule has 142 valence electrons. The van der Waals surface area contributed by atoms with E-state index >= 15 is 0 Å². The van der Waals surface area contributed by atoms with Gasteiger partial charge in [0.25, 0.3) is 5.78 Å². The summed E-state index contributed by atoms with van der Waals surface area (Å²) in [4.78, 5) is 9.10. The summed E-state index contributed by atoms with van der Waals surface area (Å²) in [7, 11) is 0. The predicted molar refractivity (Wildman–Crippen MR) is 112 cm³/mol. The number of hydrogen-bond acceptors (Lipinski definition) is 4. The SMILES string of the molecule is Cc1cc(Nc2c(C)c(C)nc3nc(Cc4cccc(F)c4)nn23)ccc1Br. The van der Waals surface area contributed by atoms with Gasteiger partial charge in [-0.05, 0) is 62.2 Å². The van der Waals surface area contributed by atoms with Crippen LogP contribution in [-0.4, -0.2) is 19.6 Å². The summed E-state index contributed by atoms with van der Waals surface area (Å²) in [6.45, 7) is 6.00. The molecule has 0 aliphatic rings. The van der Waals surface area contributed by atoms with Crippen molar-refractivity contribution in [2.24, 2.45) is 0 Å². The fourth-order valence-electron chi connectivity index (χ4n) is 3.04. The minimum atomic E-state index is -0.265. The molecule has 0 aliphatic carbocycles. The Labute approximate surface area is 170 Å². The first-order valence-corrected chi connectivity index (χ1v) is 9.70. The quantitative estimate of drug-likeness (QED) is 0.469. The molecule has 0 amide bonds. The van der Waals surface area contributed by atoms with Gasteiger partial charge < -0.3 is 5.32 Å². The van der Waals surface area contributed by atoms with E-state index in [4.69, 9.17) is 0 Å². The average Bonchev–Trinajstić information content (AvgIpc) is 3.04. The van der Waals surface area contributed by atoms with Crippen molar-refractivity contribution in [3.8, 4) is 0 Å². The van der Waals surface area contributed by atoms with Crippen LogP contribution in [0, 0.1) is 26.6 Å². The molecule has 0 saturated carbocycles. The molecule has 0 spiro atoms. The zero-order valence-electron chi connectivity index (χ0n) is 15.8. The fraction of sp³-hybridized carbons (Fsp3) is 0.190. The number of aromatic nitrogens is 4. The van der Waals surface area contributed by atoms with Crippen molar-refractivity contribution in [2.75, 3.05) is 5.32 Å². The van der Waals surface area contributed by atoms with E-state index in [0.29, 0.717) is 18.0 Å². The third-order valence-corrected chi connectivity index (χ3v) is 5.57. The highest BCUT2D eigenvalue weighted by Gasteiger charge is 2.15. The number of anilines is 2. The average molecular weight is 440 g/mol. The highest BCUT2D eigenvalue weighted by atomic mass is 79.9. The van der Waals surface area contributed by atoms with Crippen LogP contribution in [0.4, 0.5) is 15.9 Å². The van der Waals surface area contributed by atoms with Gasteiger partial charge in [-0.15, -0.1) is 5.10 Å². The summed E-state index contributed by atoms with van der Waals surface area (Å²) in [5, 5.41) is 8.07. The third kappa shape index (κ3) is 3.62. The van der Waals surface area contributed by atoms with Crippen LogP contribution in [0.3, 0.4) is 0 Å².